The van der Waals surface area contributed by atoms with Crippen LogP contribution in [-0.2, 0) is 12.8 Å². The van der Waals surface area contributed by atoms with Crippen molar-refractivity contribution in [3.63, 3.8) is 0 Å². The molecular formula is C9H14N2S. The molecular weight excluding hydrogens is 168 g/mol. The standard InChI is InChI=1S/C9H14N2S/c1-11-5-3-7-8(11)6-12-9(7)2-4-10/h6H,2-5,10H2,1H3. The highest BCUT2D eigenvalue weighted by Crippen LogP contribution is 2.34. The van der Waals surface area contributed by atoms with Crippen LogP contribution < -0.4 is 10.6 Å². The van der Waals surface area contributed by atoms with E-state index in [1.807, 2.05) is 11.3 Å². The van der Waals surface area contributed by atoms with E-state index in [0.29, 0.717) is 0 Å². The predicted molar refractivity (Wildman–Crippen MR) is 54.1 cm³/mol. The first kappa shape index (κ1) is 8.08. The summed E-state index contributed by atoms with van der Waals surface area (Å²) in [5, 5.41) is 2.26. The summed E-state index contributed by atoms with van der Waals surface area (Å²) in [6.45, 7) is 1.95. The van der Waals surface area contributed by atoms with Crippen LogP contribution in [0, 0.1) is 0 Å². The maximum absolute atomic E-state index is 5.54. The minimum Gasteiger partial charge on any atom is -0.373 e. The van der Waals surface area contributed by atoms with Crippen molar-refractivity contribution < 1.29 is 0 Å². The molecule has 3 heteroatoms. The molecule has 1 aromatic heterocycles. The molecule has 2 heterocycles. The molecule has 12 heavy (non-hydrogen) atoms. The maximum Gasteiger partial charge on any atom is 0.0508 e. The van der Waals surface area contributed by atoms with Gasteiger partial charge in [0.1, 0.15) is 0 Å². The molecule has 2 rings (SSSR count). The smallest absolute Gasteiger partial charge is 0.0508 e. The second kappa shape index (κ2) is 3.07. The lowest BCUT2D eigenvalue weighted by Gasteiger charge is -2.07. The van der Waals surface area contributed by atoms with E-state index in [1.54, 1.807) is 5.56 Å². The van der Waals surface area contributed by atoms with E-state index < -0.39 is 0 Å². The number of fused-ring (bicyclic) bond motifs is 1. The van der Waals surface area contributed by atoms with Gasteiger partial charge in [0.05, 0.1) is 5.69 Å². The Bertz CT molecular complexity index is 280. The summed E-state index contributed by atoms with van der Waals surface area (Å²) in [5.41, 5.74) is 8.52. The van der Waals surface area contributed by atoms with Crippen molar-refractivity contribution in [2.24, 2.45) is 5.73 Å². The molecule has 0 fully saturated rings. The zero-order chi connectivity index (χ0) is 8.55. The van der Waals surface area contributed by atoms with E-state index in [2.05, 4.69) is 17.3 Å². The molecule has 1 aliphatic rings. The minimum atomic E-state index is 0.774. The predicted octanol–water partition coefficient (Wildman–Crippen LogP) is 1.24. The molecule has 66 valence electrons. The summed E-state index contributed by atoms with van der Waals surface area (Å²) in [5.74, 6) is 0. The zero-order valence-electron chi connectivity index (χ0n) is 7.34. The average Bonchev–Trinajstić information content (AvgIpc) is 2.58. The second-order valence-electron chi connectivity index (χ2n) is 3.23. The van der Waals surface area contributed by atoms with Gasteiger partial charge in [-0.25, -0.2) is 0 Å². The molecule has 0 saturated heterocycles. The minimum absolute atomic E-state index is 0.774. The highest BCUT2D eigenvalue weighted by molar-refractivity contribution is 7.10. The quantitative estimate of drug-likeness (QED) is 0.745. The summed E-state index contributed by atoms with van der Waals surface area (Å²) in [6, 6.07) is 0. The van der Waals surface area contributed by atoms with Crippen LogP contribution in [0.4, 0.5) is 5.69 Å². The second-order valence-corrected chi connectivity index (χ2v) is 4.20. The van der Waals surface area contributed by atoms with Gasteiger partial charge in [-0.05, 0) is 24.9 Å². The number of anilines is 1. The van der Waals surface area contributed by atoms with Crippen molar-refractivity contribution in [1.82, 2.24) is 0 Å². The molecule has 0 aromatic carbocycles. The van der Waals surface area contributed by atoms with E-state index >= 15 is 0 Å². The number of nitrogens with zero attached hydrogens (tertiary/aromatic N) is 1. The van der Waals surface area contributed by atoms with Crippen LogP contribution in [0.5, 0.6) is 0 Å². The summed E-state index contributed by atoms with van der Waals surface area (Å²) in [6.07, 6.45) is 2.26. The number of nitrogens with two attached hydrogens (primary N) is 1. The van der Waals surface area contributed by atoms with Gasteiger partial charge in [0.2, 0.25) is 0 Å². The van der Waals surface area contributed by atoms with Crippen molar-refractivity contribution in [2.45, 2.75) is 12.8 Å². The Hall–Kier alpha value is -0.540. The fourth-order valence-corrected chi connectivity index (χ4v) is 2.90. The molecule has 0 radical (unpaired) electrons. The van der Waals surface area contributed by atoms with Gasteiger partial charge in [-0.2, -0.15) is 0 Å². The number of rotatable bonds is 2. The molecule has 1 aromatic rings. The number of thiophene rings is 1. The van der Waals surface area contributed by atoms with Crippen LogP contribution in [0.1, 0.15) is 10.4 Å². The Morgan fingerprint density at radius 3 is 3.25 bits per heavy atom. The number of hydrogen-bond donors (Lipinski definition) is 1. The lowest BCUT2D eigenvalue weighted by atomic mass is 10.2. The summed E-state index contributed by atoms with van der Waals surface area (Å²) >= 11 is 1.86. The third kappa shape index (κ3) is 1.13. The Morgan fingerprint density at radius 2 is 2.50 bits per heavy atom. The van der Waals surface area contributed by atoms with Gasteiger partial charge in [0, 0.05) is 23.8 Å². The molecule has 0 saturated carbocycles. The third-order valence-corrected chi connectivity index (χ3v) is 3.51. The molecule has 0 amide bonds. The number of hydrogen-bond acceptors (Lipinski definition) is 3. The van der Waals surface area contributed by atoms with Gasteiger partial charge in [-0.15, -0.1) is 11.3 Å². The molecule has 0 unspecified atom stereocenters. The molecule has 1 aliphatic heterocycles. The van der Waals surface area contributed by atoms with Crippen LogP contribution >= 0.6 is 11.3 Å². The van der Waals surface area contributed by atoms with Crippen molar-refractivity contribution in [3.05, 3.63) is 15.8 Å². The van der Waals surface area contributed by atoms with E-state index in [4.69, 9.17) is 5.73 Å². The lowest BCUT2D eigenvalue weighted by molar-refractivity contribution is 0.935. The molecule has 0 atom stereocenters. The van der Waals surface area contributed by atoms with Crippen LogP contribution in [0.25, 0.3) is 0 Å². The van der Waals surface area contributed by atoms with Gasteiger partial charge < -0.3 is 10.6 Å². The molecule has 0 bridgehead atoms. The molecule has 2 N–H and O–H groups in total. The Labute approximate surface area is 77.0 Å². The fraction of sp³-hybridized carbons (Fsp3) is 0.556. The average molecular weight is 182 g/mol. The first-order valence-electron chi connectivity index (χ1n) is 4.33. The topological polar surface area (TPSA) is 29.3 Å². The van der Waals surface area contributed by atoms with Gasteiger partial charge in [0.15, 0.2) is 0 Å². The maximum atomic E-state index is 5.54. The van der Waals surface area contributed by atoms with E-state index in [9.17, 15) is 0 Å². The monoisotopic (exact) mass is 182 g/mol. The molecule has 2 nitrogen and oxygen atoms in total. The van der Waals surface area contributed by atoms with Crippen LogP contribution in [0.3, 0.4) is 0 Å². The van der Waals surface area contributed by atoms with Gasteiger partial charge in [-0.3, -0.25) is 0 Å². The van der Waals surface area contributed by atoms with Gasteiger partial charge >= 0.3 is 0 Å². The van der Waals surface area contributed by atoms with E-state index in [1.165, 1.54) is 23.5 Å². The highest BCUT2D eigenvalue weighted by Gasteiger charge is 2.19. The Balaban J connectivity index is 2.30. The van der Waals surface area contributed by atoms with E-state index in [0.717, 1.165) is 13.0 Å². The van der Waals surface area contributed by atoms with E-state index in [-0.39, 0.29) is 0 Å². The van der Waals surface area contributed by atoms with Gasteiger partial charge in [-0.1, -0.05) is 0 Å². The highest BCUT2D eigenvalue weighted by atomic mass is 32.1. The van der Waals surface area contributed by atoms with Crippen LogP contribution in [-0.4, -0.2) is 20.1 Å². The summed E-state index contributed by atoms with van der Waals surface area (Å²) in [7, 11) is 2.16. The Kier molecular flexibility index (Phi) is 2.07. The Morgan fingerprint density at radius 1 is 1.67 bits per heavy atom. The fourth-order valence-electron chi connectivity index (χ4n) is 1.74. The summed E-state index contributed by atoms with van der Waals surface area (Å²) in [4.78, 5) is 3.82. The summed E-state index contributed by atoms with van der Waals surface area (Å²) < 4.78 is 0. The van der Waals surface area contributed by atoms with Crippen molar-refractivity contribution in [3.8, 4) is 0 Å². The third-order valence-electron chi connectivity index (χ3n) is 2.44. The van der Waals surface area contributed by atoms with Crippen molar-refractivity contribution >= 4 is 17.0 Å². The van der Waals surface area contributed by atoms with Crippen LogP contribution in [0.2, 0.25) is 0 Å². The number of likely N-dealkylation sites (N-methyl/N-ethyl adjacent to an activating group) is 1. The van der Waals surface area contributed by atoms with Crippen molar-refractivity contribution in [2.75, 3.05) is 25.0 Å². The SMILES string of the molecule is CN1CCc2c1csc2CCN. The first-order valence-corrected chi connectivity index (χ1v) is 5.21. The van der Waals surface area contributed by atoms with Gasteiger partial charge in [0.25, 0.3) is 0 Å². The zero-order valence-corrected chi connectivity index (χ0v) is 8.16. The van der Waals surface area contributed by atoms with Crippen LogP contribution in [0.15, 0.2) is 5.38 Å². The molecule has 0 aliphatic carbocycles. The molecule has 0 spiro atoms. The lowest BCUT2D eigenvalue weighted by Crippen LogP contribution is -2.11. The van der Waals surface area contributed by atoms with Crippen molar-refractivity contribution in [1.29, 1.82) is 0 Å². The normalized spacial score (nSPS) is 15.3. The first-order chi connectivity index (χ1) is 5.83. The largest absolute Gasteiger partial charge is 0.373 e.